The summed E-state index contributed by atoms with van der Waals surface area (Å²) in [6.07, 6.45) is 2.59. The van der Waals surface area contributed by atoms with Crippen LogP contribution in [0.3, 0.4) is 0 Å². The van der Waals surface area contributed by atoms with Crippen molar-refractivity contribution in [2.75, 3.05) is 13.6 Å². The number of hydrogen-bond acceptors (Lipinski definition) is 3. The summed E-state index contributed by atoms with van der Waals surface area (Å²) >= 11 is 0. The van der Waals surface area contributed by atoms with Gasteiger partial charge in [0.25, 0.3) is 5.91 Å². The molecule has 1 fully saturated rings. The van der Waals surface area contributed by atoms with Gasteiger partial charge in [-0.3, -0.25) is 9.69 Å². The molecule has 4 nitrogen and oxygen atoms in total. The molecule has 1 amide bonds. The van der Waals surface area contributed by atoms with Crippen molar-refractivity contribution in [1.29, 1.82) is 0 Å². The van der Waals surface area contributed by atoms with Crippen molar-refractivity contribution in [3.05, 3.63) is 71.3 Å². The molecular weight excluding hydrogens is 312 g/mol. The Labute approximate surface area is 149 Å². The Morgan fingerprint density at radius 2 is 1.76 bits per heavy atom. The van der Waals surface area contributed by atoms with Gasteiger partial charge in [-0.25, -0.2) is 0 Å². The van der Waals surface area contributed by atoms with Crippen LogP contribution in [0.2, 0.25) is 0 Å². The maximum Gasteiger partial charge on any atom is 0.251 e. The molecule has 4 heteroatoms. The number of rotatable bonds is 7. The number of carbonyl (C=O) groups is 1. The lowest BCUT2D eigenvalue weighted by Crippen LogP contribution is -2.47. The number of nitrogens with one attached hydrogen (secondary N) is 1. The van der Waals surface area contributed by atoms with E-state index in [9.17, 15) is 9.90 Å². The van der Waals surface area contributed by atoms with Gasteiger partial charge in [0, 0.05) is 25.2 Å². The summed E-state index contributed by atoms with van der Waals surface area (Å²) in [6, 6.07) is 18.1. The quantitative estimate of drug-likeness (QED) is 0.816. The Morgan fingerprint density at radius 3 is 2.44 bits per heavy atom. The maximum absolute atomic E-state index is 12.3. The zero-order valence-corrected chi connectivity index (χ0v) is 14.7. The Kier molecular flexibility index (Phi) is 5.51. The lowest BCUT2D eigenvalue weighted by atomic mass is 9.80. The molecule has 0 spiro atoms. The van der Waals surface area contributed by atoms with Crippen LogP contribution < -0.4 is 5.32 Å². The summed E-state index contributed by atoms with van der Waals surface area (Å²) in [4.78, 5) is 14.6. The lowest BCUT2D eigenvalue weighted by Gasteiger charge is -2.36. The highest BCUT2D eigenvalue weighted by Gasteiger charge is 2.34. The summed E-state index contributed by atoms with van der Waals surface area (Å²) in [5.74, 6) is -0.118. The lowest BCUT2D eigenvalue weighted by molar-refractivity contribution is -0.0300. The highest BCUT2D eigenvalue weighted by Crippen LogP contribution is 2.30. The minimum absolute atomic E-state index is 0.118. The van der Waals surface area contributed by atoms with E-state index in [1.807, 2.05) is 42.5 Å². The molecule has 1 saturated carbocycles. The first-order chi connectivity index (χ1) is 12.0. The third kappa shape index (κ3) is 4.91. The number of aliphatic hydroxyl groups is 1. The van der Waals surface area contributed by atoms with Gasteiger partial charge in [-0.05, 0) is 49.6 Å². The highest BCUT2D eigenvalue weighted by molar-refractivity contribution is 5.94. The van der Waals surface area contributed by atoms with Crippen LogP contribution in [0.4, 0.5) is 0 Å². The molecule has 0 heterocycles. The van der Waals surface area contributed by atoms with Gasteiger partial charge < -0.3 is 10.4 Å². The number of benzene rings is 2. The van der Waals surface area contributed by atoms with Gasteiger partial charge in [0.1, 0.15) is 0 Å². The van der Waals surface area contributed by atoms with E-state index in [2.05, 4.69) is 29.4 Å². The van der Waals surface area contributed by atoms with Crippen LogP contribution in [0, 0.1) is 0 Å². The second-order valence-electron chi connectivity index (χ2n) is 7.12. The van der Waals surface area contributed by atoms with Gasteiger partial charge in [-0.2, -0.15) is 0 Å². The molecule has 0 aromatic heterocycles. The number of amides is 1. The fraction of sp³-hybridized carbons (Fsp3) is 0.381. The SMILES string of the molecule is CN(Cc1ccccc1)Cc1cccc(C(=O)NCC2(O)CCC2)c1. The molecule has 1 aliphatic rings. The van der Waals surface area contributed by atoms with E-state index < -0.39 is 5.60 Å². The van der Waals surface area contributed by atoms with Crippen molar-refractivity contribution in [2.45, 2.75) is 38.0 Å². The summed E-state index contributed by atoms with van der Waals surface area (Å²) in [7, 11) is 2.08. The van der Waals surface area contributed by atoms with Gasteiger partial charge in [0.15, 0.2) is 0 Å². The molecule has 0 atom stereocenters. The van der Waals surface area contributed by atoms with E-state index in [4.69, 9.17) is 0 Å². The average Bonchev–Trinajstić information content (AvgIpc) is 2.59. The van der Waals surface area contributed by atoms with Gasteiger partial charge in [0.05, 0.1) is 5.60 Å². The van der Waals surface area contributed by atoms with E-state index in [0.717, 1.165) is 37.9 Å². The smallest absolute Gasteiger partial charge is 0.251 e. The van der Waals surface area contributed by atoms with E-state index >= 15 is 0 Å². The summed E-state index contributed by atoms with van der Waals surface area (Å²) < 4.78 is 0. The molecule has 0 unspecified atom stereocenters. The van der Waals surface area contributed by atoms with Crippen LogP contribution >= 0.6 is 0 Å². The molecule has 2 N–H and O–H groups in total. The van der Waals surface area contributed by atoms with Crippen LogP contribution in [0.15, 0.2) is 54.6 Å². The van der Waals surface area contributed by atoms with Crippen molar-refractivity contribution in [3.63, 3.8) is 0 Å². The first kappa shape index (κ1) is 17.6. The van der Waals surface area contributed by atoms with Crippen LogP contribution in [0.1, 0.15) is 40.7 Å². The molecule has 3 rings (SSSR count). The summed E-state index contributed by atoms with van der Waals surface area (Å²) in [5, 5.41) is 13.0. The highest BCUT2D eigenvalue weighted by atomic mass is 16.3. The molecule has 0 radical (unpaired) electrons. The van der Waals surface area contributed by atoms with Crippen molar-refractivity contribution >= 4 is 5.91 Å². The van der Waals surface area contributed by atoms with Crippen LogP contribution in [0.25, 0.3) is 0 Å². The Hall–Kier alpha value is -2.17. The Balaban J connectivity index is 1.56. The van der Waals surface area contributed by atoms with Crippen LogP contribution in [-0.2, 0) is 13.1 Å². The topological polar surface area (TPSA) is 52.6 Å². The fourth-order valence-corrected chi connectivity index (χ4v) is 3.18. The first-order valence-corrected chi connectivity index (χ1v) is 8.86. The van der Waals surface area contributed by atoms with Crippen molar-refractivity contribution in [2.24, 2.45) is 0 Å². The minimum Gasteiger partial charge on any atom is -0.388 e. The molecule has 0 saturated heterocycles. The van der Waals surface area contributed by atoms with Gasteiger partial charge in [0.2, 0.25) is 0 Å². The normalized spacial score (nSPS) is 15.6. The minimum atomic E-state index is -0.691. The predicted octanol–water partition coefficient (Wildman–Crippen LogP) is 2.96. The second-order valence-corrected chi connectivity index (χ2v) is 7.12. The van der Waals surface area contributed by atoms with Gasteiger partial charge in [-0.1, -0.05) is 42.5 Å². The Morgan fingerprint density at radius 1 is 1.08 bits per heavy atom. The number of carbonyl (C=O) groups excluding carboxylic acids is 1. The van der Waals surface area contributed by atoms with Crippen molar-refractivity contribution in [1.82, 2.24) is 10.2 Å². The largest absolute Gasteiger partial charge is 0.388 e. The molecule has 0 aliphatic heterocycles. The first-order valence-electron chi connectivity index (χ1n) is 8.86. The van der Waals surface area contributed by atoms with Crippen LogP contribution in [0.5, 0.6) is 0 Å². The number of nitrogens with zero attached hydrogens (tertiary/aromatic N) is 1. The van der Waals surface area contributed by atoms with E-state index in [-0.39, 0.29) is 5.91 Å². The zero-order valence-electron chi connectivity index (χ0n) is 14.7. The zero-order chi connectivity index (χ0) is 17.7. The van der Waals surface area contributed by atoms with Gasteiger partial charge >= 0.3 is 0 Å². The van der Waals surface area contributed by atoms with E-state index in [1.54, 1.807) is 0 Å². The van der Waals surface area contributed by atoms with E-state index in [0.29, 0.717) is 12.1 Å². The molecule has 132 valence electrons. The standard InChI is InChI=1S/C21H26N2O2/c1-23(14-17-7-3-2-4-8-17)15-18-9-5-10-19(13-18)20(24)22-16-21(25)11-6-12-21/h2-5,7-10,13,25H,6,11-12,14-16H2,1H3,(H,22,24). The van der Waals surface area contributed by atoms with Gasteiger partial charge in [-0.15, -0.1) is 0 Å². The Bertz CT molecular complexity index is 711. The summed E-state index contributed by atoms with van der Waals surface area (Å²) in [6.45, 7) is 1.98. The predicted molar refractivity (Wildman–Crippen MR) is 99.2 cm³/mol. The monoisotopic (exact) mass is 338 g/mol. The molecular formula is C21H26N2O2. The molecule has 1 aliphatic carbocycles. The molecule has 2 aromatic rings. The molecule has 0 bridgehead atoms. The third-order valence-electron chi connectivity index (χ3n) is 4.80. The molecule has 2 aromatic carbocycles. The average molecular weight is 338 g/mol. The third-order valence-corrected chi connectivity index (χ3v) is 4.80. The molecule has 25 heavy (non-hydrogen) atoms. The van der Waals surface area contributed by atoms with Crippen molar-refractivity contribution in [3.8, 4) is 0 Å². The van der Waals surface area contributed by atoms with Crippen LogP contribution in [-0.4, -0.2) is 35.1 Å². The summed E-state index contributed by atoms with van der Waals surface area (Å²) in [5.41, 5.74) is 2.33. The van der Waals surface area contributed by atoms with Crippen molar-refractivity contribution < 1.29 is 9.90 Å². The van der Waals surface area contributed by atoms with E-state index in [1.165, 1.54) is 5.56 Å². The maximum atomic E-state index is 12.3. The second kappa shape index (κ2) is 7.81. The fourth-order valence-electron chi connectivity index (χ4n) is 3.18. The number of hydrogen-bond donors (Lipinski definition) is 2.